The Bertz CT molecular complexity index is 708. The van der Waals surface area contributed by atoms with Crippen LogP contribution in [-0.2, 0) is 20.9 Å². The number of hydrogen-bond acceptors (Lipinski definition) is 4. The van der Waals surface area contributed by atoms with E-state index < -0.39 is 0 Å². The monoisotopic (exact) mass is 329 g/mol. The van der Waals surface area contributed by atoms with Crippen molar-refractivity contribution in [3.05, 3.63) is 48.4 Å². The van der Waals surface area contributed by atoms with Gasteiger partial charge in [-0.1, -0.05) is 0 Å². The van der Waals surface area contributed by atoms with Crippen molar-refractivity contribution < 1.29 is 18.8 Å². The first-order chi connectivity index (χ1) is 11.4. The van der Waals surface area contributed by atoms with Gasteiger partial charge in [-0.25, -0.2) is 0 Å². The van der Waals surface area contributed by atoms with Gasteiger partial charge in [-0.15, -0.1) is 0 Å². The zero-order chi connectivity index (χ0) is 17.5. The molecular weight excluding hydrogens is 310 g/mol. The van der Waals surface area contributed by atoms with E-state index in [1.54, 1.807) is 36.4 Å². The van der Waals surface area contributed by atoms with Crippen molar-refractivity contribution in [3.8, 4) is 0 Å². The quantitative estimate of drug-likeness (QED) is 0.850. The van der Waals surface area contributed by atoms with Crippen molar-refractivity contribution in [2.45, 2.75) is 20.4 Å². The maximum absolute atomic E-state index is 12.1. The van der Waals surface area contributed by atoms with E-state index in [0.29, 0.717) is 17.1 Å². The topological polar surface area (TPSA) is 91.7 Å². The molecule has 2 rings (SSSR count). The molecule has 0 unspecified atom stereocenters. The predicted octanol–water partition coefficient (Wildman–Crippen LogP) is 2.23. The zero-order valence-corrected chi connectivity index (χ0v) is 13.5. The third kappa shape index (κ3) is 5.28. The third-order valence-corrected chi connectivity index (χ3v) is 3.20. The first-order valence-electron chi connectivity index (χ1n) is 7.39. The number of anilines is 2. The molecule has 7 heteroatoms. The molecule has 24 heavy (non-hydrogen) atoms. The zero-order valence-electron chi connectivity index (χ0n) is 13.5. The van der Waals surface area contributed by atoms with E-state index >= 15 is 0 Å². The Balaban J connectivity index is 1.92. The summed E-state index contributed by atoms with van der Waals surface area (Å²) in [6.07, 6.45) is 1.52. The van der Waals surface area contributed by atoms with Gasteiger partial charge in [0.05, 0.1) is 12.8 Å². The van der Waals surface area contributed by atoms with E-state index in [0.717, 1.165) is 0 Å². The highest BCUT2D eigenvalue weighted by atomic mass is 16.3. The average Bonchev–Trinajstić information content (AvgIpc) is 3.01. The number of furan rings is 1. The normalized spacial score (nSPS) is 10.1. The maximum atomic E-state index is 12.1. The molecule has 0 atom stereocenters. The van der Waals surface area contributed by atoms with Gasteiger partial charge in [0.2, 0.25) is 17.7 Å². The number of carbonyl (C=O) groups is 3. The lowest BCUT2D eigenvalue weighted by molar-refractivity contribution is -0.133. The lowest BCUT2D eigenvalue weighted by Crippen LogP contribution is -2.36. The van der Waals surface area contributed by atoms with Crippen LogP contribution in [0.5, 0.6) is 0 Å². The van der Waals surface area contributed by atoms with E-state index in [1.807, 2.05) is 0 Å². The average molecular weight is 329 g/mol. The van der Waals surface area contributed by atoms with Crippen molar-refractivity contribution in [2.75, 3.05) is 17.2 Å². The van der Waals surface area contributed by atoms with Crippen LogP contribution in [0.25, 0.3) is 0 Å². The van der Waals surface area contributed by atoms with Crippen LogP contribution in [-0.4, -0.2) is 29.2 Å². The van der Waals surface area contributed by atoms with Gasteiger partial charge in [-0.3, -0.25) is 14.4 Å². The number of nitrogens with one attached hydrogen (secondary N) is 2. The number of hydrogen-bond donors (Lipinski definition) is 2. The summed E-state index contributed by atoms with van der Waals surface area (Å²) < 4.78 is 5.20. The smallest absolute Gasteiger partial charge is 0.244 e. The lowest BCUT2D eigenvalue weighted by Gasteiger charge is -2.19. The minimum Gasteiger partial charge on any atom is -0.467 e. The Morgan fingerprint density at radius 3 is 2.12 bits per heavy atom. The molecule has 0 bridgehead atoms. The molecule has 1 aromatic heterocycles. The standard InChI is InChI=1S/C17H19N3O4/c1-12(21)18-14-5-7-15(8-6-14)19-17(23)11-20(13(2)22)10-16-4-3-9-24-16/h3-9H,10-11H2,1-2H3,(H,18,21)(H,19,23). The van der Waals surface area contributed by atoms with Crippen molar-refractivity contribution in [1.29, 1.82) is 0 Å². The van der Waals surface area contributed by atoms with Crippen molar-refractivity contribution >= 4 is 29.1 Å². The molecule has 0 aliphatic carbocycles. The molecule has 126 valence electrons. The second-order valence-electron chi connectivity index (χ2n) is 5.26. The van der Waals surface area contributed by atoms with E-state index in [1.165, 1.54) is 25.0 Å². The number of amides is 3. The molecule has 1 heterocycles. The molecule has 0 spiro atoms. The fourth-order valence-corrected chi connectivity index (χ4v) is 2.08. The van der Waals surface area contributed by atoms with Crippen molar-refractivity contribution in [3.63, 3.8) is 0 Å². The Hall–Kier alpha value is -3.09. The number of rotatable bonds is 6. The van der Waals surface area contributed by atoms with Gasteiger partial charge < -0.3 is 20.0 Å². The summed E-state index contributed by atoms with van der Waals surface area (Å²) in [5.74, 6) is -0.0916. The molecule has 0 fully saturated rings. The summed E-state index contributed by atoms with van der Waals surface area (Å²) in [5.41, 5.74) is 1.22. The fourth-order valence-electron chi connectivity index (χ4n) is 2.08. The van der Waals surface area contributed by atoms with Crippen LogP contribution >= 0.6 is 0 Å². The van der Waals surface area contributed by atoms with Crippen LogP contribution in [0.2, 0.25) is 0 Å². The summed E-state index contributed by atoms with van der Waals surface area (Å²) >= 11 is 0. The SMILES string of the molecule is CC(=O)Nc1ccc(NC(=O)CN(Cc2ccco2)C(C)=O)cc1. The molecule has 0 aliphatic rings. The highest BCUT2D eigenvalue weighted by Crippen LogP contribution is 2.14. The summed E-state index contributed by atoms with van der Waals surface area (Å²) in [7, 11) is 0. The second kappa shape index (κ2) is 7.96. The summed E-state index contributed by atoms with van der Waals surface area (Å²) in [5, 5.41) is 5.35. The van der Waals surface area contributed by atoms with Gasteiger partial charge in [-0.05, 0) is 36.4 Å². The minimum absolute atomic E-state index is 0.0799. The lowest BCUT2D eigenvalue weighted by atomic mass is 10.2. The van der Waals surface area contributed by atoms with E-state index in [2.05, 4.69) is 10.6 Å². The molecule has 0 saturated heterocycles. The van der Waals surface area contributed by atoms with Gasteiger partial charge in [-0.2, -0.15) is 0 Å². The molecule has 2 N–H and O–H groups in total. The Labute approximate surface area is 139 Å². The molecule has 2 aromatic rings. The van der Waals surface area contributed by atoms with Gasteiger partial charge in [0.15, 0.2) is 0 Å². The first kappa shape index (κ1) is 17.3. The molecular formula is C17H19N3O4. The molecule has 3 amide bonds. The number of nitrogens with zero attached hydrogens (tertiary/aromatic N) is 1. The van der Waals surface area contributed by atoms with Crippen LogP contribution in [0.15, 0.2) is 47.1 Å². The van der Waals surface area contributed by atoms with Crippen LogP contribution in [0.1, 0.15) is 19.6 Å². The van der Waals surface area contributed by atoms with Crippen LogP contribution in [0.4, 0.5) is 11.4 Å². The van der Waals surface area contributed by atoms with Gasteiger partial charge in [0, 0.05) is 25.2 Å². The number of benzene rings is 1. The van der Waals surface area contributed by atoms with Gasteiger partial charge >= 0.3 is 0 Å². The first-order valence-corrected chi connectivity index (χ1v) is 7.39. The van der Waals surface area contributed by atoms with Crippen molar-refractivity contribution in [1.82, 2.24) is 4.90 Å². The Morgan fingerprint density at radius 1 is 1.00 bits per heavy atom. The Morgan fingerprint density at radius 2 is 1.62 bits per heavy atom. The van der Waals surface area contributed by atoms with Crippen LogP contribution in [0.3, 0.4) is 0 Å². The van der Waals surface area contributed by atoms with Gasteiger partial charge in [0.1, 0.15) is 12.3 Å². The highest BCUT2D eigenvalue weighted by molar-refractivity contribution is 5.95. The van der Waals surface area contributed by atoms with Crippen LogP contribution < -0.4 is 10.6 Å². The van der Waals surface area contributed by atoms with E-state index in [9.17, 15) is 14.4 Å². The molecule has 1 aromatic carbocycles. The summed E-state index contributed by atoms with van der Waals surface area (Å²) in [6, 6.07) is 10.2. The minimum atomic E-state index is -0.316. The van der Waals surface area contributed by atoms with E-state index in [4.69, 9.17) is 4.42 Å². The second-order valence-corrected chi connectivity index (χ2v) is 5.26. The van der Waals surface area contributed by atoms with E-state index in [-0.39, 0.29) is 30.8 Å². The van der Waals surface area contributed by atoms with Gasteiger partial charge in [0.25, 0.3) is 0 Å². The van der Waals surface area contributed by atoms with Crippen LogP contribution in [0, 0.1) is 0 Å². The highest BCUT2D eigenvalue weighted by Gasteiger charge is 2.15. The molecule has 0 radical (unpaired) electrons. The maximum Gasteiger partial charge on any atom is 0.244 e. The number of carbonyl (C=O) groups excluding carboxylic acids is 3. The largest absolute Gasteiger partial charge is 0.467 e. The Kier molecular flexibility index (Phi) is 5.73. The molecule has 0 saturated carbocycles. The molecule has 7 nitrogen and oxygen atoms in total. The summed E-state index contributed by atoms with van der Waals surface area (Å²) in [6.45, 7) is 2.98. The van der Waals surface area contributed by atoms with Crippen molar-refractivity contribution in [2.24, 2.45) is 0 Å². The predicted molar refractivity (Wildman–Crippen MR) is 89.2 cm³/mol. The summed E-state index contributed by atoms with van der Waals surface area (Å²) in [4.78, 5) is 36.1. The fraction of sp³-hybridized carbons (Fsp3) is 0.235. The molecule has 0 aliphatic heterocycles. The third-order valence-electron chi connectivity index (χ3n) is 3.20.